The summed E-state index contributed by atoms with van der Waals surface area (Å²) < 4.78 is 0. The Morgan fingerprint density at radius 1 is 1.22 bits per heavy atom. The van der Waals surface area contributed by atoms with Crippen LogP contribution in [0.4, 0.5) is 0 Å². The van der Waals surface area contributed by atoms with Gasteiger partial charge in [-0.05, 0) is 37.0 Å². The molecule has 0 heterocycles. The molecule has 0 aromatic carbocycles. The van der Waals surface area contributed by atoms with Crippen molar-refractivity contribution in [1.29, 1.82) is 5.26 Å². The first-order valence-corrected chi connectivity index (χ1v) is 7.24. The highest BCUT2D eigenvalue weighted by Crippen LogP contribution is 2.51. The van der Waals surface area contributed by atoms with Crippen molar-refractivity contribution in [3.63, 3.8) is 0 Å². The molecule has 18 heavy (non-hydrogen) atoms. The van der Waals surface area contributed by atoms with Crippen LogP contribution >= 0.6 is 0 Å². The molecule has 100 valence electrons. The normalized spacial score (nSPS) is 24.3. The molecule has 0 atom stereocenters. The van der Waals surface area contributed by atoms with E-state index < -0.39 is 5.41 Å². The van der Waals surface area contributed by atoms with Crippen LogP contribution in [-0.4, -0.2) is 12.5 Å². The summed E-state index contributed by atoms with van der Waals surface area (Å²) in [5, 5.41) is 12.4. The van der Waals surface area contributed by atoms with Gasteiger partial charge in [-0.1, -0.05) is 33.1 Å². The van der Waals surface area contributed by atoms with E-state index in [0.717, 1.165) is 38.6 Å². The zero-order valence-corrected chi connectivity index (χ0v) is 11.6. The maximum absolute atomic E-state index is 12.3. The molecule has 0 unspecified atom stereocenters. The van der Waals surface area contributed by atoms with Gasteiger partial charge in [0.2, 0.25) is 5.91 Å². The molecule has 2 aliphatic carbocycles. The Morgan fingerprint density at radius 2 is 1.83 bits per heavy atom. The van der Waals surface area contributed by atoms with E-state index in [-0.39, 0.29) is 5.91 Å². The predicted octanol–water partition coefficient (Wildman–Crippen LogP) is 3.01. The Kier molecular flexibility index (Phi) is 3.66. The predicted molar refractivity (Wildman–Crippen MR) is 70.6 cm³/mol. The van der Waals surface area contributed by atoms with Gasteiger partial charge in [0.15, 0.2) is 0 Å². The largest absolute Gasteiger partial charge is 0.354 e. The van der Waals surface area contributed by atoms with Crippen LogP contribution in [0.25, 0.3) is 0 Å². The smallest absolute Gasteiger partial charge is 0.240 e. The fourth-order valence-corrected chi connectivity index (χ4v) is 3.09. The van der Waals surface area contributed by atoms with Gasteiger partial charge in [-0.15, -0.1) is 0 Å². The molecule has 0 bridgehead atoms. The minimum Gasteiger partial charge on any atom is -0.354 e. The maximum atomic E-state index is 12.3. The van der Waals surface area contributed by atoms with Crippen molar-refractivity contribution in [2.75, 3.05) is 6.54 Å². The molecule has 3 heteroatoms. The van der Waals surface area contributed by atoms with Crippen LogP contribution in [0, 0.1) is 28.1 Å². The SMILES string of the molecule is CC(C)C1(CNC(=O)C2(C#N)CCCCC2)CC1. The van der Waals surface area contributed by atoms with Crippen molar-refractivity contribution in [2.45, 2.75) is 58.8 Å². The molecule has 2 saturated carbocycles. The maximum Gasteiger partial charge on any atom is 0.240 e. The number of carbonyl (C=O) groups is 1. The lowest BCUT2D eigenvalue weighted by Gasteiger charge is -2.30. The number of amides is 1. The number of hydrogen-bond acceptors (Lipinski definition) is 2. The van der Waals surface area contributed by atoms with Crippen molar-refractivity contribution in [2.24, 2.45) is 16.7 Å². The molecule has 0 aliphatic heterocycles. The van der Waals surface area contributed by atoms with Crippen molar-refractivity contribution >= 4 is 5.91 Å². The average molecular weight is 248 g/mol. The minimum atomic E-state index is -0.731. The van der Waals surface area contributed by atoms with Gasteiger partial charge in [-0.3, -0.25) is 4.79 Å². The lowest BCUT2D eigenvalue weighted by molar-refractivity contribution is -0.129. The third-order valence-electron chi connectivity index (χ3n) is 5.07. The Balaban J connectivity index is 1.93. The molecule has 2 rings (SSSR count). The minimum absolute atomic E-state index is 0.0170. The molecule has 2 fully saturated rings. The summed E-state index contributed by atoms with van der Waals surface area (Å²) in [6.07, 6.45) is 7.09. The highest BCUT2D eigenvalue weighted by Gasteiger charge is 2.47. The first kappa shape index (κ1) is 13.4. The van der Waals surface area contributed by atoms with Gasteiger partial charge in [0.25, 0.3) is 0 Å². The number of nitrogens with zero attached hydrogens (tertiary/aromatic N) is 1. The van der Waals surface area contributed by atoms with Crippen LogP contribution in [0.15, 0.2) is 0 Å². The highest BCUT2D eigenvalue weighted by atomic mass is 16.2. The van der Waals surface area contributed by atoms with Gasteiger partial charge in [0.1, 0.15) is 5.41 Å². The molecule has 0 saturated heterocycles. The summed E-state index contributed by atoms with van der Waals surface area (Å²) in [5.41, 5.74) is -0.410. The molecule has 1 amide bonds. The standard InChI is InChI=1S/C15H24N2O/c1-12(2)15(8-9-15)11-17-13(18)14(10-16)6-4-3-5-7-14/h12H,3-9,11H2,1-2H3,(H,17,18). The molecule has 2 aliphatic rings. The van der Waals surface area contributed by atoms with Crippen molar-refractivity contribution in [3.05, 3.63) is 0 Å². The average Bonchev–Trinajstić information content (AvgIpc) is 3.18. The Morgan fingerprint density at radius 3 is 2.28 bits per heavy atom. The Bertz CT molecular complexity index is 357. The third kappa shape index (κ3) is 2.39. The van der Waals surface area contributed by atoms with Gasteiger partial charge >= 0.3 is 0 Å². The topological polar surface area (TPSA) is 52.9 Å². The van der Waals surface area contributed by atoms with Gasteiger partial charge in [0, 0.05) is 6.54 Å². The first-order chi connectivity index (χ1) is 8.55. The summed E-state index contributed by atoms with van der Waals surface area (Å²) in [7, 11) is 0. The van der Waals surface area contributed by atoms with Crippen LogP contribution in [0.3, 0.4) is 0 Å². The summed E-state index contributed by atoms with van der Waals surface area (Å²) in [6, 6.07) is 2.29. The fourth-order valence-electron chi connectivity index (χ4n) is 3.09. The van der Waals surface area contributed by atoms with Gasteiger partial charge in [-0.2, -0.15) is 5.26 Å². The van der Waals surface area contributed by atoms with Gasteiger partial charge in [0.05, 0.1) is 6.07 Å². The Hall–Kier alpha value is -1.04. The van der Waals surface area contributed by atoms with Crippen LogP contribution in [0.5, 0.6) is 0 Å². The van der Waals surface area contributed by atoms with Crippen molar-refractivity contribution < 1.29 is 4.79 Å². The van der Waals surface area contributed by atoms with Crippen LogP contribution < -0.4 is 5.32 Å². The second kappa shape index (κ2) is 4.91. The monoisotopic (exact) mass is 248 g/mol. The number of hydrogen-bond donors (Lipinski definition) is 1. The molecule has 0 spiro atoms. The molecule has 0 aromatic rings. The zero-order chi connectivity index (χ0) is 13.2. The fraction of sp³-hybridized carbons (Fsp3) is 0.867. The number of rotatable bonds is 4. The van der Waals surface area contributed by atoms with Crippen molar-refractivity contribution in [1.82, 2.24) is 5.32 Å². The van der Waals surface area contributed by atoms with E-state index in [9.17, 15) is 10.1 Å². The first-order valence-electron chi connectivity index (χ1n) is 7.24. The zero-order valence-electron chi connectivity index (χ0n) is 11.6. The molecular formula is C15H24N2O. The molecule has 1 N–H and O–H groups in total. The summed E-state index contributed by atoms with van der Waals surface area (Å²) in [6.45, 7) is 5.20. The lowest BCUT2D eigenvalue weighted by atomic mass is 9.74. The van der Waals surface area contributed by atoms with E-state index in [4.69, 9.17) is 0 Å². The van der Waals surface area contributed by atoms with Gasteiger partial charge in [-0.25, -0.2) is 0 Å². The van der Waals surface area contributed by atoms with E-state index in [1.54, 1.807) is 0 Å². The van der Waals surface area contributed by atoms with Crippen LogP contribution in [-0.2, 0) is 4.79 Å². The lowest BCUT2D eigenvalue weighted by Crippen LogP contribution is -2.44. The van der Waals surface area contributed by atoms with Crippen molar-refractivity contribution in [3.8, 4) is 6.07 Å². The number of nitriles is 1. The molecular weight excluding hydrogens is 224 g/mol. The summed E-state index contributed by atoms with van der Waals surface area (Å²) in [4.78, 5) is 12.3. The number of nitrogens with one attached hydrogen (secondary N) is 1. The third-order valence-corrected chi connectivity index (χ3v) is 5.07. The van der Waals surface area contributed by atoms with Crippen LogP contribution in [0.2, 0.25) is 0 Å². The quantitative estimate of drug-likeness (QED) is 0.831. The molecule has 3 nitrogen and oxygen atoms in total. The molecule has 0 radical (unpaired) electrons. The van der Waals surface area contributed by atoms with Crippen LogP contribution in [0.1, 0.15) is 58.8 Å². The summed E-state index contributed by atoms with van der Waals surface area (Å²) >= 11 is 0. The van der Waals surface area contributed by atoms with E-state index in [2.05, 4.69) is 25.2 Å². The van der Waals surface area contributed by atoms with E-state index >= 15 is 0 Å². The summed E-state index contributed by atoms with van der Waals surface area (Å²) in [5.74, 6) is 0.596. The Labute approximate surface area is 110 Å². The highest BCUT2D eigenvalue weighted by molar-refractivity contribution is 5.85. The van der Waals surface area contributed by atoms with E-state index in [1.807, 2.05) is 0 Å². The molecule has 0 aromatic heterocycles. The second-order valence-corrected chi connectivity index (χ2v) is 6.45. The number of carbonyl (C=O) groups excluding carboxylic acids is 1. The van der Waals surface area contributed by atoms with E-state index in [0.29, 0.717) is 11.3 Å². The van der Waals surface area contributed by atoms with E-state index in [1.165, 1.54) is 12.8 Å². The second-order valence-electron chi connectivity index (χ2n) is 6.45. The van der Waals surface area contributed by atoms with Gasteiger partial charge < -0.3 is 5.32 Å².